The van der Waals surface area contributed by atoms with E-state index in [1.165, 1.54) is 31.2 Å². The lowest BCUT2D eigenvalue weighted by Crippen LogP contribution is -2.19. The van der Waals surface area contributed by atoms with Gasteiger partial charge in [-0.2, -0.15) is 0 Å². The predicted molar refractivity (Wildman–Crippen MR) is 67.0 cm³/mol. The second-order valence-electron chi connectivity index (χ2n) is 4.15. The van der Waals surface area contributed by atoms with Gasteiger partial charge in [-0.1, -0.05) is 56.5 Å². The van der Waals surface area contributed by atoms with Crippen molar-refractivity contribution in [2.45, 2.75) is 45.6 Å². The Morgan fingerprint density at radius 2 is 1.80 bits per heavy atom. The summed E-state index contributed by atoms with van der Waals surface area (Å²) >= 11 is 0. The van der Waals surface area contributed by atoms with E-state index in [-0.39, 0.29) is 0 Å². The molecule has 1 rings (SSSR count). The van der Waals surface area contributed by atoms with Crippen LogP contribution in [0.15, 0.2) is 30.3 Å². The molecule has 0 radical (unpaired) electrons. The van der Waals surface area contributed by atoms with E-state index >= 15 is 0 Å². The molecular weight excluding hydrogens is 182 g/mol. The highest BCUT2D eigenvalue weighted by molar-refractivity contribution is 5.17. The third-order valence-electron chi connectivity index (χ3n) is 2.78. The zero-order chi connectivity index (χ0) is 10.9. The van der Waals surface area contributed by atoms with Crippen molar-refractivity contribution in [3.05, 3.63) is 35.9 Å². The fraction of sp³-hybridized carbons (Fsp3) is 0.571. The molecule has 1 aromatic carbocycles. The molecule has 0 aliphatic carbocycles. The molecule has 0 aliphatic rings. The first-order valence-corrected chi connectivity index (χ1v) is 6.13. The van der Waals surface area contributed by atoms with Gasteiger partial charge in [0.1, 0.15) is 0 Å². The van der Waals surface area contributed by atoms with Crippen molar-refractivity contribution in [1.29, 1.82) is 0 Å². The van der Waals surface area contributed by atoms with E-state index in [9.17, 15) is 0 Å². The minimum Gasteiger partial charge on any atom is -0.310 e. The maximum atomic E-state index is 3.56. The van der Waals surface area contributed by atoms with Gasteiger partial charge in [0, 0.05) is 6.04 Å². The summed E-state index contributed by atoms with van der Waals surface area (Å²) in [7, 11) is 0. The molecule has 0 aliphatic heterocycles. The van der Waals surface area contributed by atoms with Gasteiger partial charge in [-0.25, -0.2) is 0 Å². The van der Waals surface area contributed by atoms with Gasteiger partial charge in [0.2, 0.25) is 0 Å². The zero-order valence-corrected chi connectivity index (χ0v) is 10.00. The van der Waals surface area contributed by atoms with Gasteiger partial charge >= 0.3 is 0 Å². The first-order chi connectivity index (χ1) is 7.34. The monoisotopic (exact) mass is 205 g/mol. The number of hydrogen-bond donors (Lipinski definition) is 1. The van der Waals surface area contributed by atoms with Crippen LogP contribution in [0.2, 0.25) is 0 Å². The maximum Gasteiger partial charge on any atom is 0.0291 e. The SMILES string of the molecule is CCCCCCN[C@@H](C)c1ccccc1. The second-order valence-corrected chi connectivity index (χ2v) is 4.15. The molecule has 0 saturated heterocycles. The minimum absolute atomic E-state index is 0.479. The second kappa shape index (κ2) is 7.47. The van der Waals surface area contributed by atoms with Crippen LogP contribution < -0.4 is 5.32 Å². The number of hydrogen-bond acceptors (Lipinski definition) is 1. The van der Waals surface area contributed by atoms with Crippen LogP contribution in [0.3, 0.4) is 0 Å². The van der Waals surface area contributed by atoms with Gasteiger partial charge < -0.3 is 5.32 Å². The number of nitrogens with one attached hydrogen (secondary N) is 1. The summed E-state index contributed by atoms with van der Waals surface area (Å²) in [5.74, 6) is 0. The van der Waals surface area contributed by atoms with Gasteiger partial charge in [0.05, 0.1) is 0 Å². The molecule has 0 amide bonds. The topological polar surface area (TPSA) is 12.0 Å². The highest BCUT2D eigenvalue weighted by Gasteiger charge is 2.01. The van der Waals surface area contributed by atoms with E-state index in [0.717, 1.165) is 6.54 Å². The van der Waals surface area contributed by atoms with Crippen LogP contribution >= 0.6 is 0 Å². The Morgan fingerprint density at radius 3 is 2.47 bits per heavy atom. The average molecular weight is 205 g/mol. The average Bonchev–Trinajstić information content (AvgIpc) is 2.30. The molecule has 1 N–H and O–H groups in total. The highest BCUT2D eigenvalue weighted by Crippen LogP contribution is 2.11. The molecule has 15 heavy (non-hydrogen) atoms. The Bertz CT molecular complexity index is 243. The maximum absolute atomic E-state index is 3.56. The third-order valence-corrected chi connectivity index (χ3v) is 2.78. The third kappa shape index (κ3) is 4.98. The van der Waals surface area contributed by atoms with Crippen LogP contribution in [0.5, 0.6) is 0 Å². The van der Waals surface area contributed by atoms with Crippen LogP contribution in [0, 0.1) is 0 Å². The van der Waals surface area contributed by atoms with Crippen molar-refractivity contribution in [3.63, 3.8) is 0 Å². The summed E-state index contributed by atoms with van der Waals surface area (Å²) in [5.41, 5.74) is 1.38. The molecule has 0 aromatic heterocycles. The lowest BCUT2D eigenvalue weighted by atomic mass is 10.1. The van der Waals surface area contributed by atoms with Gasteiger partial charge in [0.15, 0.2) is 0 Å². The Balaban J connectivity index is 2.16. The minimum atomic E-state index is 0.479. The molecular formula is C14H23N. The fourth-order valence-electron chi connectivity index (χ4n) is 1.73. The molecule has 0 unspecified atom stereocenters. The van der Waals surface area contributed by atoms with Crippen LogP contribution in [-0.2, 0) is 0 Å². The highest BCUT2D eigenvalue weighted by atomic mass is 14.9. The largest absolute Gasteiger partial charge is 0.310 e. The molecule has 1 heteroatoms. The summed E-state index contributed by atoms with van der Waals surface area (Å²) in [5, 5.41) is 3.56. The molecule has 0 fully saturated rings. The lowest BCUT2D eigenvalue weighted by Gasteiger charge is -2.13. The van der Waals surface area contributed by atoms with Crippen LogP contribution in [0.4, 0.5) is 0 Å². The van der Waals surface area contributed by atoms with Gasteiger partial charge in [-0.05, 0) is 25.5 Å². The number of benzene rings is 1. The molecule has 1 nitrogen and oxygen atoms in total. The van der Waals surface area contributed by atoms with E-state index in [1.54, 1.807) is 0 Å². The normalized spacial score (nSPS) is 12.7. The fourth-order valence-corrected chi connectivity index (χ4v) is 1.73. The van der Waals surface area contributed by atoms with Crippen molar-refractivity contribution in [1.82, 2.24) is 5.32 Å². The standard InChI is InChI=1S/C14H23N/c1-3-4-5-9-12-15-13(2)14-10-7-6-8-11-14/h6-8,10-11,13,15H,3-5,9,12H2,1-2H3/t13-/m0/s1. The number of unbranched alkanes of at least 4 members (excludes halogenated alkanes) is 3. The summed E-state index contributed by atoms with van der Waals surface area (Å²) in [6.07, 6.45) is 5.33. The summed E-state index contributed by atoms with van der Waals surface area (Å²) in [4.78, 5) is 0. The molecule has 84 valence electrons. The van der Waals surface area contributed by atoms with E-state index in [1.807, 2.05) is 0 Å². The molecule has 1 atom stereocenters. The van der Waals surface area contributed by atoms with E-state index < -0.39 is 0 Å². The first kappa shape index (κ1) is 12.3. The van der Waals surface area contributed by atoms with Crippen molar-refractivity contribution in [3.8, 4) is 0 Å². The van der Waals surface area contributed by atoms with Crippen LogP contribution in [-0.4, -0.2) is 6.54 Å². The van der Waals surface area contributed by atoms with E-state index in [4.69, 9.17) is 0 Å². The van der Waals surface area contributed by atoms with Crippen LogP contribution in [0.1, 0.15) is 51.1 Å². The lowest BCUT2D eigenvalue weighted by molar-refractivity contribution is 0.536. The molecule has 0 spiro atoms. The zero-order valence-electron chi connectivity index (χ0n) is 10.00. The number of rotatable bonds is 7. The van der Waals surface area contributed by atoms with Crippen molar-refractivity contribution < 1.29 is 0 Å². The van der Waals surface area contributed by atoms with Gasteiger partial charge in [-0.3, -0.25) is 0 Å². The first-order valence-electron chi connectivity index (χ1n) is 6.13. The Labute approximate surface area is 93.9 Å². The predicted octanol–water partition coefficient (Wildman–Crippen LogP) is 3.92. The van der Waals surface area contributed by atoms with Crippen molar-refractivity contribution >= 4 is 0 Å². The Morgan fingerprint density at radius 1 is 1.07 bits per heavy atom. The van der Waals surface area contributed by atoms with E-state index in [2.05, 4.69) is 49.5 Å². The summed E-state index contributed by atoms with van der Waals surface area (Å²) in [6, 6.07) is 11.1. The molecule has 0 bridgehead atoms. The Kier molecular flexibility index (Phi) is 6.10. The summed E-state index contributed by atoms with van der Waals surface area (Å²) < 4.78 is 0. The van der Waals surface area contributed by atoms with Crippen LogP contribution in [0.25, 0.3) is 0 Å². The molecule has 1 aromatic rings. The van der Waals surface area contributed by atoms with Crippen molar-refractivity contribution in [2.75, 3.05) is 6.54 Å². The van der Waals surface area contributed by atoms with Gasteiger partial charge in [0.25, 0.3) is 0 Å². The van der Waals surface area contributed by atoms with Crippen molar-refractivity contribution in [2.24, 2.45) is 0 Å². The summed E-state index contributed by atoms with van der Waals surface area (Å²) in [6.45, 7) is 5.62. The quantitative estimate of drug-likeness (QED) is 0.665. The molecule has 0 heterocycles. The molecule has 0 saturated carbocycles. The Hall–Kier alpha value is -0.820. The van der Waals surface area contributed by atoms with E-state index in [0.29, 0.717) is 6.04 Å². The van der Waals surface area contributed by atoms with Gasteiger partial charge in [-0.15, -0.1) is 0 Å². The smallest absolute Gasteiger partial charge is 0.0291 e.